The van der Waals surface area contributed by atoms with Crippen molar-refractivity contribution in [3.05, 3.63) is 101 Å². The van der Waals surface area contributed by atoms with Gasteiger partial charge in [-0.2, -0.15) is 0 Å². The van der Waals surface area contributed by atoms with E-state index in [-0.39, 0.29) is 22.6 Å². The number of carbonyl (C=O) groups is 1. The van der Waals surface area contributed by atoms with Gasteiger partial charge in [0, 0.05) is 36.6 Å². The number of benzene rings is 3. The van der Waals surface area contributed by atoms with Crippen LogP contribution in [0.5, 0.6) is 0 Å². The van der Waals surface area contributed by atoms with Gasteiger partial charge in [-0.25, -0.2) is 13.1 Å². The van der Waals surface area contributed by atoms with Crippen LogP contribution in [-0.4, -0.2) is 40.0 Å². The third kappa shape index (κ3) is 6.24. The predicted octanol–water partition coefficient (Wildman–Crippen LogP) is 3.54. The van der Waals surface area contributed by atoms with Gasteiger partial charge in [-0.15, -0.1) is 0 Å². The van der Waals surface area contributed by atoms with Gasteiger partial charge >= 0.3 is 0 Å². The Hall–Kier alpha value is -2.71. The van der Waals surface area contributed by atoms with E-state index in [0.29, 0.717) is 31.1 Å². The van der Waals surface area contributed by atoms with Gasteiger partial charge in [-0.05, 0) is 35.7 Å². The quantitative estimate of drug-likeness (QED) is 0.444. The standard InChI is InChI=1S/C26H28ClN3O3S/c27-22-12-7-13-24(15-22)34(32,33)30-23-14-21(16-28-17-23)26(31)29-18-25(19-8-3-1-4-9-19)20-10-5-2-6-11-20/h1-13,15,21,23,25,28,30H,14,16-18H2,(H,29,31)/t21-,23-/m0/s1. The van der Waals surface area contributed by atoms with Crippen LogP contribution in [0.3, 0.4) is 0 Å². The molecule has 178 valence electrons. The normalized spacial score (nSPS) is 18.5. The van der Waals surface area contributed by atoms with Crippen LogP contribution in [0.15, 0.2) is 89.8 Å². The van der Waals surface area contributed by atoms with E-state index < -0.39 is 16.1 Å². The molecule has 0 spiro atoms. The summed E-state index contributed by atoms with van der Waals surface area (Å²) in [6, 6.07) is 25.9. The summed E-state index contributed by atoms with van der Waals surface area (Å²) >= 11 is 5.95. The second-order valence-electron chi connectivity index (χ2n) is 8.49. The maximum atomic E-state index is 13.0. The van der Waals surface area contributed by atoms with Gasteiger partial charge in [0.15, 0.2) is 0 Å². The Morgan fingerprint density at radius 3 is 2.21 bits per heavy atom. The highest BCUT2D eigenvalue weighted by atomic mass is 35.5. The number of hydrogen-bond donors (Lipinski definition) is 3. The Balaban J connectivity index is 1.40. The molecule has 0 bridgehead atoms. The monoisotopic (exact) mass is 497 g/mol. The van der Waals surface area contributed by atoms with E-state index in [4.69, 9.17) is 11.6 Å². The zero-order valence-electron chi connectivity index (χ0n) is 18.7. The summed E-state index contributed by atoms with van der Waals surface area (Å²) < 4.78 is 28.2. The van der Waals surface area contributed by atoms with Crippen molar-refractivity contribution >= 4 is 27.5 Å². The summed E-state index contributed by atoms with van der Waals surface area (Å²) in [4.78, 5) is 13.2. The van der Waals surface area contributed by atoms with Crippen LogP contribution in [0.2, 0.25) is 5.02 Å². The lowest BCUT2D eigenvalue weighted by Crippen LogP contribution is -2.52. The highest BCUT2D eigenvalue weighted by molar-refractivity contribution is 7.89. The highest BCUT2D eigenvalue weighted by Gasteiger charge is 2.30. The zero-order chi connectivity index (χ0) is 24.0. The van der Waals surface area contributed by atoms with Crippen molar-refractivity contribution < 1.29 is 13.2 Å². The minimum Gasteiger partial charge on any atom is -0.355 e. The van der Waals surface area contributed by atoms with Crippen LogP contribution in [0, 0.1) is 5.92 Å². The molecule has 1 saturated heterocycles. The molecule has 0 aliphatic carbocycles. The van der Waals surface area contributed by atoms with E-state index in [0.717, 1.165) is 11.1 Å². The van der Waals surface area contributed by atoms with Gasteiger partial charge in [-0.1, -0.05) is 78.3 Å². The van der Waals surface area contributed by atoms with E-state index >= 15 is 0 Å². The van der Waals surface area contributed by atoms with Crippen LogP contribution in [-0.2, 0) is 14.8 Å². The largest absolute Gasteiger partial charge is 0.355 e. The number of rotatable bonds is 8. The van der Waals surface area contributed by atoms with E-state index in [2.05, 4.69) is 39.6 Å². The number of piperidine rings is 1. The molecule has 34 heavy (non-hydrogen) atoms. The first kappa shape index (κ1) is 24.4. The average molecular weight is 498 g/mol. The smallest absolute Gasteiger partial charge is 0.240 e. The molecule has 1 fully saturated rings. The Morgan fingerprint density at radius 2 is 1.59 bits per heavy atom. The van der Waals surface area contributed by atoms with Crippen LogP contribution < -0.4 is 15.4 Å². The van der Waals surface area contributed by atoms with Crippen LogP contribution >= 0.6 is 11.6 Å². The first-order valence-electron chi connectivity index (χ1n) is 11.3. The Bertz CT molecular complexity index is 1170. The van der Waals surface area contributed by atoms with Gasteiger partial charge in [0.25, 0.3) is 0 Å². The number of hydrogen-bond acceptors (Lipinski definition) is 4. The molecule has 0 aromatic heterocycles. The van der Waals surface area contributed by atoms with Crippen molar-refractivity contribution in [2.24, 2.45) is 5.92 Å². The highest BCUT2D eigenvalue weighted by Crippen LogP contribution is 2.24. The Labute approximate surface area is 205 Å². The Kier molecular flexibility index (Phi) is 8.00. The van der Waals surface area contributed by atoms with E-state index in [1.165, 1.54) is 12.1 Å². The predicted molar refractivity (Wildman–Crippen MR) is 134 cm³/mol. The molecule has 1 aliphatic rings. The number of amides is 1. The van der Waals surface area contributed by atoms with E-state index in [9.17, 15) is 13.2 Å². The lowest BCUT2D eigenvalue weighted by molar-refractivity contribution is -0.125. The third-order valence-corrected chi connectivity index (χ3v) is 7.79. The van der Waals surface area contributed by atoms with Crippen molar-refractivity contribution in [3.8, 4) is 0 Å². The number of halogens is 1. The summed E-state index contributed by atoms with van der Waals surface area (Å²) in [7, 11) is -3.74. The molecule has 8 heteroatoms. The number of carbonyl (C=O) groups excluding carboxylic acids is 1. The molecule has 3 aromatic rings. The molecule has 0 radical (unpaired) electrons. The minimum absolute atomic E-state index is 0.0278. The minimum atomic E-state index is -3.74. The second-order valence-corrected chi connectivity index (χ2v) is 10.6. The molecule has 0 saturated carbocycles. The zero-order valence-corrected chi connectivity index (χ0v) is 20.2. The van der Waals surface area contributed by atoms with Crippen molar-refractivity contribution in [2.45, 2.75) is 23.3 Å². The molecule has 0 unspecified atom stereocenters. The molecular weight excluding hydrogens is 470 g/mol. The first-order valence-corrected chi connectivity index (χ1v) is 13.1. The summed E-state index contributed by atoms with van der Waals surface area (Å²) in [6.45, 7) is 1.42. The summed E-state index contributed by atoms with van der Waals surface area (Å²) in [5.41, 5.74) is 2.26. The van der Waals surface area contributed by atoms with Crippen LogP contribution in [0.25, 0.3) is 0 Å². The lowest BCUT2D eigenvalue weighted by Gasteiger charge is -2.30. The molecule has 6 nitrogen and oxygen atoms in total. The fraction of sp³-hybridized carbons (Fsp3) is 0.269. The van der Waals surface area contributed by atoms with Crippen LogP contribution in [0.4, 0.5) is 0 Å². The van der Waals surface area contributed by atoms with Gasteiger partial charge in [0.2, 0.25) is 15.9 Å². The number of sulfonamides is 1. The summed E-state index contributed by atoms with van der Waals surface area (Å²) in [6.07, 6.45) is 0.417. The molecule has 2 atom stereocenters. The summed E-state index contributed by atoms with van der Waals surface area (Å²) in [5.74, 6) is -0.399. The van der Waals surface area contributed by atoms with Crippen molar-refractivity contribution in [2.75, 3.05) is 19.6 Å². The molecular formula is C26H28ClN3O3S. The van der Waals surface area contributed by atoms with E-state index in [1.807, 2.05) is 36.4 Å². The molecule has 3 N–H and O–H groups in total. The maximum Gasteiger partial charge on any atom is 0.240 e. The van der Waals surface area contributed by atoms with Gasteiger partial charge < -0.3 is 10.6 Å². The van der Waals surface area contributed by atoms with Crippen molar-refractivity contribution in [1.29, 1.82) is 0 Å². The Morgan fingerprint density at radius 1 is 0.941 bits per heavy atom. The third-order valence-electron chi connectivity index (χ3n) is 6.03. The van der Waals surface area contributed by atoms with Crippen molar-refractivity contribution in [3.63, 3.8) is 0 Å². The number of nitrogens with one attached hydrogen (secondary N) is 3. The van der Waals surface area contributed by atoms with Gasteiger partial charge in [-0.3, -0.25) is 4.79 Å². The van der Waals surface area contributed by atoms with E-state index in [1.54, 1.807) is 12.1 Å². The SMILES string of the molecule is O=C(NCC(c1ccccc1)c1ccccc1)[C@@H]1CNC[C@@H](NS(=O)(=O)c2cccc(Cl)c2)C1. The molecule has 1 aliphatic heterocycles. The molecule has 3 aromatic carbocycles. The first-order chi connectivity index (χ1) is 16.4. The average Bonchev–Trinajstić information content (AvgIpc) is 2.85. The lowest BCUT2D eigenvalue weighted by atomic mass is 9.90. The topological polar surface area (TPSA) is 87.3 Å². The summed E-state index contributed by atoms with van der Waals surface area (Å²) in [5, 5.41) is 6.64. The fourth-order valence-electron chi connectivity index (χ4n) is 4.30. The van der Waals surface area contributed by atoms with Crippen LogP contribution in [0.1, 0.15) is 23.5 Å². The van der Waals surface area contributed by atoms with Gasteiger partial charge in [0.05, 0.1) is 10.8 Å². The molecule has 1 amide bonds. The molecule has 1 heterocycles. The maximum absolute atomic E-state index is 13.0. The van der Waals surface area contributed by atoms with Gasteiger partial charge in [0.1, 0.15) is 0 Å². The second kappa shape index (κ2) is 11.1. The fourth-order valence-corrected chi connectivity index (χ4v) is 5.85. The van der Waals surface area contributed by atoms with Crippen molar-refractivity contribution in [1.82, 2.24) is 15.4 Å². The molecule has 4 rings (SSSR count).